The maximum absolute atomic E-state index is 5.09. The average Bonchev–Trinajstić information content (AvgIpc) is 3.12. The van der Waals surface area contributed by atoms with E-state index in [1.165, 1.54) is 47.0 Å². The van der Waals surface area contributed by atoms with E-state index in [9.17, 15) is 0 Å². The number of hydrogen-bond donors (Lipinski definition) is 0. The minimum absolute atomic E-state index is 0.395. The molecule has 0 bridgehead atoms. The third-order valence-corrected chi connectivity index (χ3v) is 5.29. The first-order valence-corrected chi connectivity index (χ1v) is 9.74. The van der Waals surface area contributed by atoms with Crippen molar-refractivity contribution < 1.29 is 0 Å². The van der Waals surface area contributed by atoms with Gasteiger partial charge in [-0.05, 0) is 29.9 Å². The molecule has 0 spiro atoms. The second-order valence-electron chi connectivity index (χ2n) is 7.09. The highest BCUT2D eigenvalue weighted by Gasteiger charge is 2.28. The third-order valence-electron chi connectivity index (χ3n) is 5.29. The fourth-order valence-corrected chi connectivity index (χ4v) is 3.89. The van der Waals surface area contributed by atoms with Gasteiger partial charge in [-0.1, -0.05) is 86.5 Å². The van der Waals surface area contributed by atoms with Gasteiger partial charge in [0.05, 0.1) is 12.2 Å². The Bertz CT molecular complexity index is 893. The van der Waals surface area contributed by atoms with Gasteiger partial charge in [0.1, 0.15) is 0 Å². The second-order valence-corrected chi connectivity index (χ2v) is 7.09. The summed E-state index contributed by atoms with van der Waals surface area (Å²) in [5.41, 5.74) is 3.93. The zero-order valence-corrected chi connectivity index (χ0v) is 15.4. The Labute approximate surface area is 156 Å². The van der Waals surface area contributed by atoms with Gasteiger partial charge in [0.2, 0.25) is 0 Å². The Balaban J connectivity index is 1.68. The zero-order chi connectivity index (χ0) is 17.8. The van der Waals surface area contributed by atoms with Gasteiger partial charge in [0.15, 0.2) is 0 Å². The summed E-state index contributed by atoms with van der Waals surface area (Å²) < 4.78 is 0. The molecule has 1 aliphatic rings. The monoisotopic (exact) mass is 342 g/mol. The Morgan fingerprint density at radius 1 is 0.885 bits per heavy atom. The number of nitrogens with zero attached hydrogens (tertiary/aromatic N) is 2. The summed E-state index contributed by atoms with van der Waals surface area (Å²) in [4.78, 5) is 0. The van der Waals surface area contributed by atoms with Gasteiger partial charge in [-0.2, -0.15) is 5.10 Å². The Kier molecular flexibility index (Phi) is 5.01. The van der Waals surface area contributed by atoms with Crippen LogP contribution < -0.4 is 5.01 Å². The van der Waals surface area contributed by atoms with Crippen molar-refractivity contribution in [2.75, 3.05) is 11.6 Å². The van der Waals surface area contributed by atoms with Crippen molar-refractivity contribution in [3.05, 3.63) is 78.4 Å². The van der Waals surface area contributed by atoms with Gasteiger partial charge < -0.3 is 0 Å². The standard InChI is InChI=1S/C24H26N2/c1-2-3-5-16-23-22(20-11-6-4-7-12-20)18-26(25-23)24-17-10-14-19-13-8-9-15-21(19)24/h4,6-15,17,22H,2-3,5,16,18H2,1H3. The molecule has 2 heteroatoms. The van der Waals surface area contributed by atoms with Crippen LogP contribution in [0.3, 0.4) is 0 Å². The van der Waals surface area contributed by atoms with E-state index in [1.54, 1.807) is 0 Å². The van der Waals surface area contributed by atoms with Crippen molar-refractivity contribution in [3.63, 3.8) is 0 Å². The van der Waals surface area contributed by atoms with Crippen LogP contribution in [0.1, 0.15) is 44.1 Å². The normalized spacial score (nSPS) is 16.9. The summed E-state index contributed by atoms with van der Waals surface area (Å²) in [5.74, 6) is 0.395. The van der Waals surface area contributed by atoms with Crippen LogP contribution >= 0.6 is 0 Å². The molecule has 4 rings (SSSR count). The predicted molar refractivity (Wildman–Crippen MR) is 112 cm³/mol. The molecule has 1 unspecified atom stereocenters. The number of hydrogen-bond acceptors (Lipinski definition) is 2. The zero-order valence-electron chi connectivity index (χ0n) is 15.4. The summed E-state index contributed by atoms with van der Waals surface area (Å²) in [7, 11) is 0. The summed E-state index contributed by atoms with van der Waals surface area (Å²) in [6.45, 7) is 3.19. The molecule has 132 valence electrons. The van der Waals surface area contributed by atoms with Gasteiger partial charge in [-0.15, -0.1) is 0 Å². The lowest BCUT2D eigenvalue weighted by Crippen LogP contribution is -2.18. The molecule has 1 heterocycles. The van der Waals surface area contributed by atoms with Crippen molar-refractivity contribution in [3.8, 4) is 0 Å². The number of rotatable bonds is 6. The van der Waals surface area contributed by atoms with Crippen LogP contribution in [0.4, 0.5) is 5.69 Å². The molecule has 1 aliphatic heterocycles. The van der Waals surface area contributed by atoms with E-state index in [0.717, 1.165) is 13.0 Å². The van der Waals surface area contributed by atoms with Crippen molar-refractivity contribution in [1.29, 1.82) is 0 Å². The quantitative estimate of drug-likeness (QED) is 0.475. The van der Waals surface area contributed by atoms with Gasteiger partial charge >= 0.3 is 0 Å². The first kappa shape index (κ1) is 16.8. The number of hydrazone groups is 1. The predicted octanol–water partition coefficient (Wildman–Crippen LogP) is 6.38. The van der Waals surface area contributed by atoms with E-state index in [-0.39, 0.29) is 0 Å². The number of fused-ring (bicyclic) bond motifs is 1. The van der Waals surface area contributed by atoms with E-state index in [0.29, 0.717) is 5.92 Å². The summed E-state index contributed by atoms with van der Waals surface area (Å²) in [6, 6.07) is 26.0. The number of unbranched alkanes of at least 4 members (excludes halogenated alkanes) is 2. The van der Waals surface area contributed by atoms with E-state index in [1.807, 2.05) is 0 Å². The molecule has 0 saturated heterocycles. The topological polar surface area (TPSA) is 15.6 Å². The number of anilines is 1. The van der Waals surface area contributed by atoms with Crippen LogP contribution in [0.15, 0.2) is 77.9 Å². The van der Waals surface area contributed by atoms with Crippen molar-refractivity contribution in [2.24, 2.45) is 5.10 Å². The van der Waals surface area contributed by atoms with E-state index < -0.39 is 0 Å². The molecule has 3 aromatic rings. The molecule has 0 radical (unpaired) electrons. The maximum Gasteiger partial charge on any atom is 0.0672 e. The summed E-state index contributed by atoms with van der Waals surface area (Å²) in [6.07, 6.45) is 4.84. The summed E-state index contributed by atoms with van der Waals surface area (Å²) >= 11 is 0. The lowest BCUT2D eigenvalue weighted by molar-refractivity contribution is 0.734. The SMILES string of the molecule is CCCCCC1=NN(c2cccc3ccccc23)CC1c1ccccc1. The largest absolute Gasteiger partial charge is 0.264 e. The molecular formula is C24H26N2. The Morgan fingerprint density at radius 3 is 2.50 bits per heavy atom. The van der Waals surface area contributed by atoms with E-state index in [4.69, 9.17) is 5.10 Å². The molecule has 0 fully saturated rings. The van der Waals surface area contributed by atoms with Crippen molar-refractivity contribution >= 4 is 22.2 Å². The first-order chi connectivity index (χ1) is 12.9. The fraction of sp³-hybridized carbons (Fsp3) is 0.292. The highest BCUT2D eigenvalue weighted by molar-refractivity contribution is 5.98. The van der Waals surface area contributed by atoms with Crippen molar-refractivity contribution in [1.82, 2.24) is 0 Å². The van der Waals surface area contributed by atoms with Gasteiger partial charge in [-0.3, -0.25) is 5.01 Å². The highest BCUT2D eigenvalue weighted by Crippen LogP contribution is 2.34. The van der Waals surface area contributed by atoms with E-state index in [2.05, 4.69) is 84.7 Å². The van der Waals surface area contributed by atoms with Crippen LogP contribution in [-0.2, 0) is 0 Å². The first-order valence-electron chi connectivity index (χ1n) is 9.74. The van der Waals surface area contributed by atoms with E-state index >= 15 is 0 Å². The molecule has 1 atom stereocenters. The molecule has 26 heavy (non-hydrogen) atoms. The Hall–Kier alpha value is -2.61. The molecule has 3 aromatic carbocycles. The van der Waals surface area contributed by atoms with Gasteiger partial charge in [0.25, 0.3) is 0 Å². The smallest absolute Gasteiger partial charge is 0.0672 e. The highest BCUT2D eigenvalue weighted by atomic mass is 15.5. The Morgan fingerprint density at radius 2 is 1.65 bits per heavy atom. The minimum atomic E-state index is 0.395. The molecule has 0 N–H and O–H groups in total. The summed E-state index contributed by atoms with van der Waals surface area (Å²) in [5, 5.41) is 9.86. The lowest BCUT2D eigenvalue weighted by atomic mass is 9.91. The van der Waals surface area contributed by atoms with Gasteiger partial charge in [0, 0.05) is 17.0 Å². The second kappa shape index (κ2) is 7.74. The molecule has 0 saturated carbocycles. The van der Waals surface area contributed by atoms with Gasteiger partial charge in [-0.25, -0.2) is 0 Å². The third kappa shape index (κ3) is 3.37. The molecule has 0 aromatic heterocycles. The van der Waals surface area contributed by atoms with Crippen LogP contribution in [0.5, 0.6) is 0 Å². The molecular weight excluding hydrogens is 316 g/mol. The van der Waals surface area contributed by atoms with Crippen LogP contribution in [0.2, 0.25) is 0 Å². The fourth-order valence-electron chi connectivity index (χ4n) is 3.89. The minimum Gasteiger partial charge on any atom is -0.264 e. The average molecular weight is 342 g/mol. The van der Waals surface area contributed by atoms with Crippen LogP contribution in [0, 0.1) is 0 Å². The lowest BCUT2D eigenvalue weighted by Gasteiger charge is -2.18. The molecule has 0 aliphatic carbocycles. The van der Waals surface area contributed by atoms with Crippen LogP contribution in [-0.4, -0.2) is 12.3 Å². The molecule has 2 nitrogen and oxygen atoms in total. The van der Waals surface area contributed by atoms with Crippen LogP contribution in [0.25, 0.3) is 10.8 Å². The number of benzene rings is 3. The maximum atomic E-state index is 5.09. The van der Waals surface area contributed by atoms with Crippen molar-refractivity contribution in [2.45, 2.75) is 38.5 Å². The molecule has 0 amide bonds.